The van der Waals surface area contributed by atoms with Gasteiger partial charge in [0.25, 0.3) is 0 Å². The smallest absolute Gasteiger partial charge is 0.336 e. The molecule has 3 atom stereocenters. The molecule has 2 heterocycles. The van der Waals surface area contributed by atoms with Crippen LogP contribution >= 0.6 is 0 Å². The number of para-hydroxylation sites is 2. The van der Waals surface area contributed by atoms with Gasteiger partial charge in [0.05, 0.1) is 47.6 Å². The van der Waals surface area contributed by atoms with E-state index in [2.05, 4.69) is 10.3 Å². The number of esters is 2. The summed E-state index contributed by atoms with van der Waals surface area (Å²) in [7, 11) is 0. The van der Waals surface area contributed by atoms with Crippen LogP contribution in [0.15, 0.2) is 83.3 Å². The topological polar surface area (TPSA) is 107 Å². The third-order valence-corrected chi connectivity index (χ3v) is 7.05. The molecule has 1 N–H and O–H groups in total. The highest BCUT2D eigenvalue weighted by molar-refractivity contribution is 6.13. The van der Waals surface area contributed by atoms with Crippen molar-refractivity contribution in [3.8, 4) is 0 Å². The molecule has 0 radical (unpaired) electrons. The third-order valence-electron chi connectivity index (χ3n) is 7.05. The number of fused-ring (bicyclic) bond motifs is 1. The molecule has 0 spiro atoms. The Labute approximate surface area is 220 Å². The molecule has 38 heavy (non-hydrogen) atoms. The summed E-state index contributed by atoms with van der Waals surface area (Å²) in [6.45, 7) is 5.56. The number of carbonyl (C=O) groups is 3. The van der Waals surface area contributed by atoms with Crippen LogP contribution in [0.5, 0.6) is 0 Å². The number of nitrogens with zero attached hydrogens (tertiary/aromatic N) is 2. The molecule has 0 bridgehead atoms. The first-order valence-electron chi connectivity index (χ1n) is 12.8. The summed E-state index contributed by atoms with van der Waals surface area (Å²) < 4.78 is 10.8. The molecule has 2 aromatic carbocycles. The molecule has 0 amide bonds. The van der Waals surface area contributed by atoms with Gasteiger partial charge in [0.2, 0.25) is 0 Å². The number of hydrogen-bond acceptors (Lipinski definition) is 8. The van der Waals surface area contributed by atoms with Gasteiger partial charge in [-0.3, -0.25) is 14.6 Å². The van der Waals surface area contributed by atoms with Crippen LogP contribution < -0.4 is 5.32 Å². The number of ketones is 1. The summed E-state index contributed by atoms with van der Waals surface area (Å²) in [5.41, 5.74) is 4.49. The monoisotopic (exact) mass is 511 g/mol. The van der Waals surface area contributed by atoms with Gasteiger partial charge in [-0.15, -0.1) is 0 Å². The van der Waals surface area contributed by atoms with Gasteiger partial charge >= 0.3 is 11.9 Å². The van der Waals surface area contributed by atoms with Gasteiger partial charge in [0, 0.05) is 22.9 Å². The highest BCUT2D eigenvalue weighted by Gasteiger charge is 2.49. The van der Waals surface area contributed by atoms with Crippen LogP contribution in [0.4, 0.5) is 0 Å². The zero-order valence-corrected chi connectivity index (χ0v) is 21.6. The summed E-state index contributed by atoms with van der Waals surface area (Å²) in [6.07, 6.45) is 1.98. The van der Waals surface area contributed by atoms with Crippen molar-refractivity contribution >= 4 is 28.8 Å². The number of carbonyl (C=O) groups excluding carboxylic acids is 3. The SMILES string of the molecule is CCOC(=O)C1=C(C)NC2=C(C(=O)[C@@H](C(=O)OCC)[C@@H](c3ccccc3)C2)[C@@H]1c1cnc2ccccc2n1. The zero-order chi connectivity index (χ0) is 26.8. The number of hydrogen-bond donors (Lipinski definition) is 1. The van der Waals surface area contributed by atoms with E-state index in [0.717, 1.165) is 5.56 Å². The lowest BCUT2D eigenvalue weighted by atomic mass is 9.68. The van der Waals surface area contributed by atoms with Crippen molar-refractivity contribution in [1.82, 2.24) is 15.3 Å². The maximum absolute atomic E-state index is 14.3. The van der Waals surface area contributed by atoms with Gasteiger partial charge in [-0.2, -0.15) is 0 Å². The number of dihydropyridines is 1. The Morgan fingerprint density at radius 3 is 2.37 bits per heavy atom. The average molecular weight is 512 g/mol. The lowest BCUT2D eigenvalue weighted by Crippen LogP contribution is -2.43. The molecule has 1 aliphatic carbocycles. The lowest BCUT2D eigenvalue weighted by Gasteiger charge is -2.39. The average Bonchev–Trinajstić information content (AvgIpc) is 2.92. The Bertz CT molecular complexity index is 1480. The Hall–Kier alpha value is -4.33. The first-order chi connectivity index (χ1) is 18.4. The molecule has 0 saturated heterocycles. The zero-order valence-electron chi connectivity index (χ0n) is 21.6. The van der Waals surface area contributed by atoms with E-state index in [-0.39, 0.29) is 24.6 Å². The summed E-state index contributed by atoms with van der Waals surface area (Å²) in [5, 5.41) is 3.30. The van der Waals surface area contributed by atoms with Crippen molar-refractivity contribution in [3.63, 3.8) is 0 Å². The van der Waals surface area contributed by atoms with Crippen molar-refractivity contribution < 1.29 is 23.9 Å². The van der Waals surface area contributed by atoms with Crippen molar-refractivity contribution in [2.75, 3.05) is 13.2 Å². The lowest BCUT2D eigenvalue weighted by molar-refractivity contribution is -0.152. The number of rotatable bonds is 6. The minimum atomic E-state index is -1.06. The number of benzene rings is 2. The second-order valence-corrected chi connectivity index (χ2v) is 9.31. The fourth-order valence-electron chi connectivity index (χ4n) is 5.44. The molecule has 194 valence electrons. The second-order valence-electron chi connectivity index (χ2n) is 9.31. The minimum Gasteiger partial charge on any atom is -0.465 e. The molecule has 5 rings (SSSR count). The highest BCUT2D eigenvalue weighted by Crippen LogP contribution is 2.47. The highest BCUT2D eigenvalue weighted by atomic mass is 16.5. The largest absolute Gasteiger partial charge is 0.465 e. The summed E-state index contributed by atoms with van der Waals surface area (Å²) >= 11 is 0. The van der Waals surface area contributed by atoms with Gasteiger partial charge in [0.15, 0.2) is 5.78 Å². The standard InChI is InChI=1S/C30H29N3O5/c1-4-37-29(35)24-17(3)32-22-15-19(18-11-7-6-8-12-18)25(30(36)38-5-2)28(34)27(22)26(24)23-16-31-20-13-9-10-14-21(20)33-23/h6-14,16,19,25-26,32H,4-5,15H2,1-3H3/t19-,25+,26-/m1/s1. The maximum atomic E-state index is 14.3. The van der Waals surface area contributed by atoms with Gasteiger partial charge in [-0.05, 0) is 44.9 Å². The van der Waals surface area contributed by atoms with E-state index in [9.17, 15) is 14.4 Å². The molecular weight excluding hydrogens is 482 g/mol. The van der Waals surface area contributed by atoms with E-state index >= 15 is 0 Å². The molecule has 2 aliphatic rings. The molecular formula is C30H29N3O5. The van der Waals surface area contributed by atoms with Crippen molar-refractivity contribution in [1.29, 1.82) is 0 Å². The third kappa shape index (κ3) is 4.47. The van der Waals surface area contributed by atoms with E-state index in [1.165, 1.54) is 0 Å². The Morgan fingerprint density at radius 1 is 0.974 bits per heavy atom. The van der Waals surface area contributed by atoms with E-state index in [0.29, 0.717) is 40.1 Å². The predicted octanol–water partition coefficient (Wildman–Crippen LogP) is 4.34. The maximum Gasteiger partial charge on any atom is 0.336 e. The molecule has 0 fully saturated rings. The van der Waals surface area contributed by atoms with Gasteiger partial charge in [-0.1, -0.05) is 42.5 Å². The van der Waals surface area contributed by atoms with E-state index < -0.39 is 29.7 Å². The molecule has 3 aromatic rings. The number of aromatic nitrogens is 2. The van der Waals surface area contributed by atoms with Crippen LogP contribution in [0, 0.1) is 5.92 Å². The van der Waals surface area contributed by atoms with Crippen LogP contribution in [0.2, 0.25) is 0 Å². The number of allylic oxidation sites excluding steroid dienone is 3. The van der Waals surface area contributed by atoms with Crippen LogP contribution in [-0.4, -0.2) is 40.9 Å². The van der Waals surface area contributed by atoms with E-state index in [4.69, 9.17) is 14.5 Å². The van der Waals surface area contributed by atoms with Crippen LogP contribution in [0.25, 0.3) is 11.0 Å². The van der Waals surface area contributed by atoms with Gasteiger partial charge < -0.3 is 14.8 Å². The van der Waals surface area contributed by atoms with Crippen molar-refractivity contribution in [2.24, 2.45) is 5.92 Å². The summed E-state index contributed by atoms with van der Waals surface area (Å²) in [5.74, 6) is -3.84. The van der Waals surface area contributed by atoms with Gasteiger partial charge in [0.1, 0.15) is 5.92 Å². The Kier molecular flexibility index (Phi) is 7.05. The van der Waals surface area contributed by atoms with Crippen LogP contribution in [-0.2, 0) is 23.9 Å². The quantitative estimate of drug-likeness (QED) is 0.385. The Balaban J connectivity index is 1.70. The van der Waals surface area contributed by atoms with Crippen LogP contribution in [0.3, 0.4) is 0 Å². The molecule has 8 heteroatoms. The fourth-order valence-corrected chi connectivity index (χ4v) is 5.44. The molecule has 8 nitrogen and oxygen atoms in total. The van der Waals surface area contributed by atoms with Crippen LogP contribution in [0.1, 0.15) is 50.3 Å². The Morgan fingerprint density at radius 2 is 1.66 bits per heavy atom. The summed E-state index contributed by atoms with van der Waals surface area (Å²) in [6, 6.07) is 16.9. The predicted molar refractivity (Wildman–Crippen MR) is 141 cm³/mol. The number of Topliss-reactive ketones (excluding diaryl/α,β-unsaturated/α-hetero) is 1. The van der Waals surface area contributed by atoms with E-state index in [1.807, 2.05) is 54.6 Å². The fraction of sp³-hybridized carbons (Fsp3) is 0.300. The normalized spacial score (nSPS) is 21.1. The van der Waals surface area contributed by atoms with Crippen molar-refractivity contribution in [2.45, 2.75) is 39.0 Å². The first-order valence-corrected chi connectivity index (χ1v) is 12.8. The van der Waals surface area contributed by atoms with E-state index in [1.54, 1.807) is 27.0 Å². The molecule has 0 saturated carbocycles. The van der Waals surface area contributed by atoms with Crippen molar-refractivity contribution in [3.05, 3.63) is 94.6 Å². The minimum absolute atomic E-state index is 0.154. The molecule has 0 unspecified atom stereocenters. The van der Waals surface area contributed by atoms with Gasteiger partial charge in [-0.25, -0.2) is 9.78 Å². The number of ether oxygens (including phenoxy) is 2. The first kappa shape index (κ1) is 25.3. The number of nitrogens with one attached hydrogen (secondary N) is 1. The second kappa shape index (κ2) is 10.6. The summed E-state index contributed by atoms with van der Waals surface area (Å²) in [4.78, 5) is 50.2. The molecule has 1 aliphatic heterocycles. The molecule has 1 aromatic heterocycles.